The van der Waals surface area contributed by atoms with Gasteiger partial charge in [0.1, 0.15) is 5.75 Å². The lowest BCUT2D eigenvalue weighted by atomic mass is 9.74. The first-order valence-corrected chi connectivity index (χ1v) is 16.3. The summed E-state index contributed by atoms with van der Waals surface area (Å²) in [5.41, 5.74) is -0.283. The third kappa shape index (κ3) is 6.02. The Labute approximate surface area is 253 Å². The van der Waals surface area contributed by atoms with Gasteiger partial charge in [0.25, 0.3) is 15.9 Å². The molecule has 5 rings (SSSR count). The van der Waals surface area contributed by atoms with Gasteiger partial charge in [-0.1, -0.05) is 42.8 Å². The number of hydrogen-bond donors (Lipinski definition) is 2. The molecule has 1 spiro atoms. The summed E-state index contributed by atoms with van der Waals surface area (Å²) in [6, 6.07) is 11.2. The first kappa shape index (κ1) is 30.4. The van der Waals surface area contributed by atoms with Crippen molar-refractivity contribution in [3.8, 4) is 5.75 Å². The van der Waals surface area contributed by atoms with Crippen LogP contribution in [0, 0.1) is 10.8 Å². The third-order valence-corrected chi connectivity index (χ3v) is 11.0. The number of piperidine rings is 1. The van der Waals surface area contributed by atoms with Gasteiger partial charge < -0.3 is 20.3 Å². The molecule has 1 unspecified atom stereocenters. The Balaban J connectivity index is 1.57. The number of anilines is 1. The highest BCUT2D eigenvalue weighted by Gasteiger charge is 2.42. The summed E-state index contributed by atoms with van der Waals surface area (Å²) in [5.74, 6) is 0.133. The molecule has 2 amide bonds. The number of fused-ring (bicyclic) bond motifs is 4. The standard InChI is InChI=1S/C31H39ClN4O5S/c1-30-15-19-35(22-30)28(37)24-20-23(10-11-25(24)32)42(39,40)36(26-8-4-5-9-27(26)41-2)18-7-3-6-12-31(29(38)34-21-30)13-16-33-17-14-31/h3-5,7-11,20,33H,6,12-19,21-22H2,1-2H3,(H,34,38)/b7-3+. The van der Waals surface area contributed by atoms with Gasteiger partial charge in [-0.2, -0.15) is 0 Å². The number of allylic oxidation sites excluding steroid dienone is 1. The van der Waals surface area contributed by atoms with Crippen LogP contribution in [0.4, 0.5) is 5.69 Å². The van der Waals surface area contributed by atoms with Crippen LogP contribution in [0.3, 0.4) is 0 Å². The zero-order valence-corrected chi connectivity index (χ0v) is 25.8. The van der Waals surface area contributed by atoms with Crippen molar-refractivity contribution in [1.82, 2.24) is 15.5 Å². The molecule has 42 heavy (non-hydrogen) atoms. The van der Waals surface area contributed by atoms with E-state index in [2.05, 4.69) is 17.6 Å². The fourth-order valence-electron chi connectivity index (χ4n) is 6.25. The quantitative estimate of drug-likeness (QED) is 0.490. The Kier molecular flexibility index (Phi) is 8.87. The number of methoxy groups -OCH3 is 1. The molecular weight excluding hydrogens is 576 g/mol. The van der Waals surface area contributed by atoms with E-state index in [9.17, 15) is 18.0 Å². The molecule has 1 atom stereocenters. The molecule has 2 saturated heterocycles. The summed E-state index contributed by atoms with van der Waals surface area (Å²) in [4.78, 5) is 29.0. The largest absolute Gasteiger partial charge is 0.495 e. The van der Waals surface area contributed by atoms with E-state index in [0.717, 1.165) is 25.9 Å². The Bertz CT molecular complexity index is 1470. The molecule has 226 valence electrons. The third-order valence-electron chi connectivity index (χ3n) is 8.90. The Morgan fingerprint density at radius 2 is 1.76 bits per heavy atom. The second-order valence-electron chi connectivity index (χ2n) is 11.9. The summed E-state index contributed by atoms with van der Waals surface area (Å²) < 4.78 is 35.2. The normalized spacial score (nSPS) is 25.4. The Morgan fingerprint density at radius 1 is 1.00 bits per heavy atom. The van der Waals surface area contributed by atoms with Crippen molar-refractivity contribution >= 4 is 39.1 Å². The maximum absolute atomic E-state index is 14.2. The fourth-order valence-corrected chi connectivity index (χ4v) is 7.91. The van der Waals surface area contributed by atoms with Gasteiger partial charge in [-0.25, -0.2) is 8.42 Å². The SMILES string of the molecule is COc1ccccc1N1C/C=C/CCC2(CCNCC2)C(=O)NCC2(C)CCN(C2)C(=O)c2cc(ccc2Cl)S1(=O)=O. The van der Waals surface area contributed by atoms with Crippen LogP contribution in [-0.4, -0.2) is 71.5 Å². The zero-order chi connectivity index (χ0) is 30.0. The predicted molar refractivity (Wildman–Crippen MR) is 164 cm³/mol. The van der Waals surface area contributed by atoms with E-state index in [1.54, 1.807) is 29.2 Å². The molecule has 0 aliphatic carbocycles. The fraction of sp³-hybridized carbons (Fsp3) is 0.484. The van der Waals surface area contributed by atoms with Gasteiger partial charge in [0, 0.05) is 25.0 Å². The number of halogens is 1. The number of hydrogen-bond acceptors (Lipinski definition) is 6. The maximum atomic E-state index is 14.2. The van der Waals surface area contributed by atoms with Gasteiger partial charge in [0.15, 0.2) is 0 Å². The molecular formula is C31H39ClN4O5S. The average molecular weight is 615 g/mol. The molecule has 0 saturated carbocycles. The summed E-state index contributed by atoms with van der Waals surface area (Å²) >= 11 is 6.48. The summed E-state index contributed by atoms with van der Waals surface area (Å²) in [5, 5.41) is 6.79. The van der Waals surface area contributed by atoms with Crippen LogP contribution in [0.15, 0.2) is 59.5 Å². The number of rotatable bonds is 2. The Morgan fingerprint density at radius 3 is 2.52 bits per heavy atom. The molecule has 4 bridgehead atoms. The van der Waals surface area contributed by atoms with Crippen LogP contribution >= 0.6 is 11.6 Å². The second kappa shape index (κ2) is 12.3. The van der Waals surface area contributed by atoms with Crippen LogP contribution in [0.25, 0.3) is 0 Å². The van der Waals surface area contributed by atoms with Crippen LogP contribution in [0.2, 0.25) is 5.02 Å². The monoisotopic (exact) mass is 614 g/mol. The van der Waals surface area contributed by atoms with E-state index in [1.165, 1.54) is 29.6 Å². The lowest BCUT2D eigenvalue weighted by molar-refractivity contribution is -0.133. The minimum absolute atomic E-state index is 0.0291. The van der Waals surface area contributed by atoms with Gasteiger partial charge in [-0.15, -0.1) is 0 Å². The predicted octanol–water partition coefficient (Wildman–Crippen LogP) is 4.23. The van der Waals surface area contributed by atoms with Crippen molar-refractivity contribution in [2.24, 2.45) is 10.8 Å². The Hall–Kier alpha value is -3.08. The minimum Gasteiger partial charge on any atom is -0.495 e. The number of nitrogens with zero attached hydrogens (tertiary/aromatic N) is 2. The molecule has 0 aromatic heterocycles. The number of carbonyl (C=O) groups is 2. The molecule has 2 aromatic rings. The number of amides is 2. The van der Waals surface area contributed by atoms with Crippen molar-refractivity contribution in [2.45, 2.75) is 43.9 Å². The molecule has 3 aliphatic heterocycles. The summed E-state index contributed by atoms with van der Waals surface area (Å²) in [7, 11) is -2.63. The number of para-hydroxylation sites is 2. The van der Waals surface area contributed by atoms with Crippen molar-refractivity contribution in [2.75, 3.05) is 50.7 Å². The van der Waals surface area contributed by atoms with Gasteiger partial charge in [-0.05, 0) is 75.5 Å². The summed E-state index contributed by atoms with van der Waals surface area (Å²) in [6.07, 6.45) is 7.26. The molecule has 11 heteroatoms. The maximum Gasteiger partial charge on any atom is 0.264 e. The average Bonchev–Trinajstić information content (AvgIpc) is 3.39. The minimum atomic E-state index is -4.13. The molecule has 3 aliphatic rings. The molecule has 0 radical (unpaired) electrons. The van der Waals surface area contributed by atoms with E-state index < -0.39 is 15.4 Å². The highest BCUT2D eigenvalue weighted by atomic mass is 35.5. The highest BCUT2D eigenvalue weighted by molar-refractivity contribution is 7.92. The highest BCUT2D eigenvalue weighted by Crippen LogP contribution is 2.38. The van der Waals surface area contributed by atoms with Crippen LogP contribution < -0.4 is 19.7 Å². The van der Waals surface area contributed by atoms with Gasteiger partial charge in [0.05, 0.1) is 40.2 Å². The molecule has 3 heterocycles. The van der Waals surface area contributed by atoms with Crippen molar-refractivity contribution in [3.05, 3.63) is 65.2 Å². The van der Waals surface area contributed by atoms with E-state index in [1.807, 2.05) is 12.2 Å². The van der Waals surface area contributed by atoms with Gasteiger partial charge >= 0.3 is 0 Å². The van der Waals surface area contributed by atoms with E-state index >= 15 is 0 Å². The van der Waals surface area contributed by atoms with Gasteiger partial charge in [-0.3, -0.25) is 13.9 Å². The number of ether oxygens (including phenoxy) is 1. The molecule has 2 fully saturated rings. The molecule has 2 aromatic carbocycles. The number of benzene rings is 2. The van der Waals surface area contributed by atoms with Crippen LogP contribution in [0.5, 0.6) is 5.75 Å². The second-order valence-corrected chi connectivity index (χ2v) is 14.1. The van der Waals surface area contributed by atoms with E-state index in [4.69, 9.17) is 16.3 Å². The first-order valence-electron chi connectivity index (χ1n) is 14.5. The topological polar surface area (TPSA) is 108 Å². The zero-order valence-electron chi connectivity index (χ0n) is 24.2. The number of sulfonamides is 1. The number of nitrogens with one attached hydrogen (secondary N) is 2. The molecule has 9 nitrogen and oxygen atoms in total. The molecule has 2 N–H and O–H groups in total. The summed E-state index contributed by atoms with van der Waals surface area (Å²) in [6.45, 7) is 5.06. The van der Waals surface area contributed by atoms with E-state index in [0.29, 0.717) is 50.3 Å². The van der Waals surface area contributed by atoms with Crippen molar-refractivity contribution in [1.29, 1.82) is 0 Å². The van der Waals surface area contributed by atoms with Crippen LogP contribution in [-0.2, 0) is 14.8 Å². The van der Waals surface area contributed by atoms with Crippen molar-refractivity contribution in [3.63, 3.8) is 0 Å². The van der Waals surface area contributed by atoms with Gasteiger partial charge in [0.2, 0.25) is 5.91 Å². The smallest absolute Gasteiger partial charge is 0.264 e. The van der Waals surface area contributed by atoms with Crippen LogP contribution in [0.1, 0.15) is 49.4 Å². The van der Waals surface area contributed by atoms with E-state index in [-0.39, 0.29) is 39.3 Å². The lowest BCUT2D eigenvalue weighted by Crippen LogP contribution is -2.50. The first-order chi connectivity index (χ1) is 20.1. The van der Waals surface area contributed by atoms with Crippen molar-refractivity contribution < 1.29 is 22.7 Å². The number of carbonyl (C=O) groups excluding carboxylic acids is 2. The lowest BCUT2D eigenvalue weighted by Gasteiger charge is -2.37.